The van der Waals surface area contributed by atoms with E-state index in [0.29, 0.717) is 6.04 Å². The largest absolute Gasteiger partial charge is 0.378 e. The van der Waals surface area contributed by atoms with Crippen molar-refractivity contribution >= 4 is 16.5 Å². The molecule has 1 N–H and O–H groups in total. The van der Waals surface area contributed by atoms with Crippen LogP contribution in [-0.2, 0) is 4.74 Å². The number of ether oxygens (including phenoxy) is 1. The molecule has 0 radical (unpaired) electrons. The fraction of sp³-hybridized carbons (Fsp3) is 0.400. The lowest BCUT2D eigenvalue weighted by Gasteiger charge is -2.29. The third kappa shape index (κ3) is 1.97. The standard InChI is InChI=1S/C15H17N3O/c1-2-4-12-11(3-1)14(18-5-7-19-8-6-18)10-17-15(12)13-9-16-13/h1-4,10,13,16H,5-9H2. The molecule has 4 nitrogen and oxygen atoms in total. The second-order valence-corrected chi connectivity index (χ2v) is 5.13. The van der Waals surface area contributed by atoms with Gasteiger partial charge < -0.3 is 15.0 Å². The molecule has 0 aliphatic carbocycles. The lowest BCUT2D eigenvalue weighted by molar-refractivity contribution is 0.123. The second kappa shape index (κ2) is 4.47. The van der Waals surface area contributed by atoms with E-state index in [1.54, 1.807) is 0 Å². The van der Waals surface area contributed by atoms with Crippen LogP contribution in [0.15, 0.2) is 30.5 Å². The number of nitrogens with zero attached hydrogens (tertiary/aromatic N) is 2. The third-order valence-electron chi connectivity index (χ3n) is 3.89. The summed E-state index contributed by atoms with van der Waals surface area (Å²) in [6.45, 7) is 4.56. The average Bonchev–Trinajstić information content (AvgIpc) is 3.32. The molecule has 4 heteroatoms. The minimum atomic E-state index is 0.448. The Morgan fingerprint density at radius 3 is 2.63 bits per heavy atom. The predicted molar refractivity (Wildman–Crippen MR) is 75.5 cm³/mol. The number of benzene rings is 1. The smallest absolute Gasteiger partial charge is 0.0666 e. The first-order valence-corrected chi connectivity index (χ1v) is 6.87. The van der Waals surface area contributed by atoms with Crippen molar-refractivity contribution < 1.29 is 4.74 Å². The number of fused-ring (bicyclic) bond motifs is 1. The Kier molecular flexibility index (Phi) is 2.64. The van der Waals surface area contributed by atoms with E-state index < -0.39 is 0 Å². The summed E-state index contributed by atoms with van der Waals surface area (Å²) in [5.74, 6) is 0. The van der Waals surface area contributed by atoms with Gasteiger partial charge in [-0.15, -0.1) is 0 Å². The summed E-state index contributed by atoms with van der Waals surface area (Å²) < 4.78 is 5.43. The van der Waals surface area contributed by atoms with E-state index in [9.17, 15) is 0 Å². The molecule has 0 bridgehead atoms. The molecule has 0 saturated carbocycles. The van der Waals surface area contributed by atoms with Gasteiger partial charge in [-0.2, -0.15) is 0 Å². The molecule has 4 rings (SSSR count). The molecule has 2 saturated heterocycles. The first kappa shape index (κ1) is 11.2. The van der Waals surface area contributed by atoms with E-state index in [0.717, 1.165) is 32.8 Å². The normalized spacial score (nSPS) is 22.7. The summed E-state index contributed by atoms with van der Waals surface area (Å²) >= 11 is 0. The van der Waals surface area contributed by atoms with Crippen LogP contribution >= 0.6 is 0 Å². The first-order chi connectivity index (χ1) is 9.43. The van der Waals surface area contributed by atoms with Crippen molar-refractivity contribution in [2.45, 2.75) is 6.04 Å². The Morgan fingerprint density at radius 2 is 1.89 bits per heavy atom. The summed E-state index contributed by atoms with van der Waals surface area (Å²) in [5.41, 5.74) is 2.43. The van der Waals surface area contributed by atoms with Crippen LogP contribution in [0.1, 0.15) is 11.7 Å². The van der Waals surface area contributed by atoms with Crippen molar-refractivity contribution in [3.8, 4) is 0 Å². The number of hydrogen-bond donors (Lipinski definition) is 1. The highest BCUT2D eigenvalue weighted by molar-refractivity contribution is 5.95. The van der Waals surface area contributed by atoms with Gasteiger partial charge >= 0.3 is 0 Å². The zero-order valence-corrected chi connectivity index (χ0v) is 10.8. The molecule has 19 heavy (non-hydrogen) atoms. The Balaban J connectivity index is 1.84. The van der Waals surface area contributed by atoms with Crippen molar-refractivity contribution in [2.75, 3.05) is 37.7 Å². The van der Waals surface area contributed by atoms with E-state index in [2.05, 4.69) is 34.5 Å². The fourth-order valence-corrected chi connectivity index (χ4v) is 2.79. The monoisotopic (exact) mass is 255 g/mol. The van der Waals surface area contributed by atoms with Crippen LogP contribution in [-0.4, -0.2) is 37.8 Å². The zero-order valence-electron chi connectivity index (χ0n) is 10.8. The molecular formula is C15H17N3O. The maximum Gasteiger partial charge on any atom is 0.0666 e. The minimum absolute atomic E-state index is 0.448. The van der Waals surface area contributed by atoms with Gasteiger partial charge in [-0.1, -0.05) is 24.3 Å². The van der Waals surface area contributed by atoms with Crippen molar-refractivity contribution in [1.82, 2.24) is 10.3 Å². The van der Waals surface area contributed by atoms with Crippen LogP contribution in [0.5, 0.6) is 0 Å². The molecule has 1 unspecified atom stereocenters. The van der Waals surface area contributed by atoms with Gasteiger partial charge in [0.1, 0.15) is 0 Å². The van der Waals surface area contributed by atoms with Crippen molar-refractivity contribution in [1.29, 1.82) is 0 Å². The van der Waals surface area contributed by atoms with Crippen LogP contribution < -0.4 is 10.2 Å². The fourth-order valence-electron chi connectivity index (χ4n) is 2.79. The van der Waals surface area contributed by atoms with E-state index in [1.807, 2.05) is 6.20 Å². The molecule has 0 amide bonds. The number of morpholine rings is 1. The van der Waals surface area contributed by atoms with E-state index in [4.69, 9.17) is 9.72 Å². The van der Waals surface area contributed by atoms with Gasteiger partial charge in [0.05, 0.1) is 36.8 Å². The maximum absolute atomic E-state index is 5.43. The zero-order chi connectivity index (χ0) is 12.7. The highest BCUT2D eigenvalue weighted by atomic mass is 16.5. The van der Waals surface area contributed by atoms with E-state index in [1.165, 1.54) is 22.2 Å². The molecule has 1 aromatic heterocycles. The quantitative estimate of drug-likeness (QED) is 0.830. The number of rotatable bonds is 2. The van der Waals surface area contributed by atoms with Gasteiger partial charge in [0, 0.05) is 30.4 Å². The second-order valence-electron chi connectivity index (χ2n) is 5.13. The third-order valence-corrected chi connectivity index (χ3v) is 3.89. The lowest BCUT2D eigenvalue weighted by Crippen LogP contribution is -2.36. The van der Waals surface area contributed by atoms with Gasteiger partial charge in [-0.3, -0.25) is 4.98 Å². The van der Waals surface area contributed by atoms with Crippen LogP contribution in [0.2, 0.25) is 0 Å². The lowest BCUT2D eigenvalue weighted by atomic mass is 10.1. The van der Waals surface area contributed by atoms with Crippen molar-refractivity contribution in [3.63, 3.8) is 0 Å². The van der Waals surface area contributed by atoms with Gasteiger partial charge in [0.2, 0.25) is 0 Å². The Labute approximate surface area is 112 Å². The van der Waals surface area contributed by atoms with Gasteiger partial charge in [0.25, 0.3) is 0 Å². The average molecular weight is 255 g/mol. The molecule has 3 heterocycles. The SMILES string of the molecule is c1ccc2c(C3CN3)ncc(N3CCOCC3)c2c1. The molecule has 98 valence electrons. The Morgan fingerprint density at radius 1 is 1.16 bits per heavy atom. The number of nitrogens with one attached hydrogen (secondary N) is 1. The number of pyridine rings is 1. The molecule has 1 atom stereocenters. The van der Waals surface area contributed by atoms with Crippen LogP contribution in [0.3, 0.4) is 0 Å². The first-order valence-electron chi connectivity index (χ1n) is 6.87. The van der Waals surface area contributed by atoms with Crippen LogP contribution in [0.25, 0.3) is 10.8 Å². The predicted octanol–water partition coefficient (Wildman–Crippen LogP) is 1.72. The molecule has 2 aromatic rings. The van der Waals surface area contributed by atoms with Crippen molar-refractivity contribution in [3.05, 3.63) is 36.2 Å². The summed E-state index contributed by atoms with van der Waals surface area (Å²) in [6.07, 6.45) is 2.03. The van der Waals surface area contributed by atoms with Crippen molar-refractivity contribution in [2.24, 2.45) is 0 Å². The highest BCUT2D eigenvalue weighted by Gasteiger charge is 2.27. The number of aromatic nitrogens is 1. The summed E-state index contributed by atoms with van der Waals surface area (Å²) in [6, 6.07) is 9.04. The summed E-state index contributed by atoms with van der Waals surface area (Å²) in [4.78, 5) is 7.08. The van der Waals surface area contributed by atoms with Crippen LogP contribution in [0, 0.1) is 0 Å². The van der Waals surface area contributed by atoms with E-state index in [-0.39, 0.29) is 0 Å². The van der Waals surface area contributed by atoms with E-state index >= 15 is 0 Å². The molecule has 0 spiro atoms. The topological polar surface area (TPSA) is 47.3 Å². The highest BCUT2D eigenvalue weighted by Crippen LogP contribution is 2.33. The molecule has 1 aromatic carbocycles. The molecular weight excluding hydrogens is 238 g/mol. The van der Waals surface area contributed by atoms with Gasteiger partial charge in [-0.05, 0) is 0 Å². The number of hydrogen-bond acceptors (Lipinski definition) is 4. The number of anilines is 1. The van der Waals surface area contributed by atoms with Gasteiger partial charge in [0.15, 0.2) is 0 Å². The molecule has 2 fully saturated rings. The Hall–Kier alpha value is -1.65. The maximum atomic E-state index is 5.43. The van der Waals surface area contributed by atoms with Gasteiger partial charge in [-0.25, -0.2) is 0 Å². The molecule has 2 aliphatic rings. The minimum Gasteiger partial charge on any atom is -0.378 e. The summed E-state index contributed by atoms with van der Waals surface area (Å²) in [5, 5.41) is 5.93. The summed E-state index contributed by atoms with van der Waals surface area (Å²) in [7, 11) is 0. The Bertz CT molecular complexity index is 603. The molecule has 2 aliphatic heterocycles. The van der Waals surface area contributed by atoms with Crippen LogP contribution in [0.4, 0.5) is 5.69 Å².